The number of hydrogen-bond donors (Lipinski definition) is 2. The van der Waals surface area contributed by atoms with Gasteiger partial charge in [-0.05, 0) is 44.4 Å². The summed E-state index contributed by atoms with van der Waals surface area (Å²) < 4.78 is 0. The summed E-state index contributed by atoms with van der Waals surface area (Å²) in [4.78, 5) is 18.4. The van der Waals surface area contributed by atoms with Gasteiger partial charge in [0.15, 0.2) is 5.96 Å². The summed E-state index contributed by atoms with van der Waals surface area (Å²) in [6, 6.07) is 0. The van der Waals surface area contributed by atoms with Crippen molar-refractivity contribution in [1.82, 2.24) is 15.5 Å². The van der Waals surface area contributed by atoms with E-state index in [1.165, 1.54) is 32.1 Å². The molecule has 2 fully saturated rings. The lowest BCUT2D eigenvalue weighted by Gasteiger charge is -2.25. The van der Waals surface area contributed by atoms with Gasteiger partial charge in [-0.2, -0.15) is 0 Å². The molecule has 5 heteroatoms. The first-order valence-electron chi connectivity index (χ1n) is 9.49. The summed E-state index contributed by atoms with van der Waals surface area (Å²) in [5.74, 6) is 1.25. The van der Waals surface area contributed by atoms with Gasteiger partial charge in [-0.1, -0.05) is 19.8 Å². The molecule has 132 valence electrons. The summed E-state index contributed by atoms with van der Waals surface area (Å²) in [7, 11) is 0. The summed E-state index contributed by atoms with van der Waals surface area (Å²) in [6.07, 6.45) is 9.33. The zero-order valence-electron chi connectivity index (χ0n) is 15.0. The van der Waals surface area contributed by atoms with Crippen molar-refractivity contribution in [2.24, 2.45) is 10.4 Å². The lowest BCUT2D eigenvalue weighted by Crippen LogP contribution is -2.39. The Bertz CT molecular complexity index is 402. The molecule has 2 N–H and O–H groups in total. The van der Waals surface area contributed by atoms with Crippen molar-refractivity contribution in [3.8, 4) is 0 Å². The van der Waals surface area contributed by atoms with Crippen molar-refractivity contribution < 1.29 is 4.79 Å². The molecule has 2 aliphatic rings. The highest BCUT2D eigenvalue weighted by Gasteiger charge is 2.31. The van der Waals surface area contributed by atoms with Gasteiger partial charge in [-0.3, -0.25) is 9.79 Å². The van der Waals surface area contributed by atoms with Crippen LogP contribution in [0.25, 0.3) is 0 Å². The third-order valence-corrected chi connectivity index (χ3v) is 5.40. The Hall–Kier alpha value is -1.26. The number of amides is 1. The van der Waals surface area contributed by atoms with Crippen molar-refractivity contribution in [2.45, 2.75) is 65.2 Å². The lowest BCUT2D eigenvalue weighted by molar-refractivity contribution is -0.127. The normalized spacial score (nSPS) is 21.0. The predicted octanol–water partition coefficient (Wildman–Crippen LogP) is 2.52. The van der Waals surface area contributed by atoms with E-state index in [1.54, 1.807) is 0 Å². The maximum atomic E-state index is 11.6. The molecule has 1 aliphatic carbocycles. The number of nitrogens with one attached hydrogen (secondary N) is 2. The third-order valence-electron chi connectivity index (χ3n) is 5.40. The largest absolute Gasteiger partial charge is 0.357 e. The molecule has 1 saturated carbocycles. The molecule has 0 spiro atoms. The highest BCUT2D eigenvalue weighted by Crippen LogP contribution is 2.41. The topological polar surface area (TPSA) is 56.7 Å². The average molecular weight is 322 g/mol. The van der Waals surface area contributed by atoms with E-state index in [2.05, 4.69) is 24.5 Å². The number of hydrogen-bond acceptors (Lipinski definition) is 2. The van der Waals surface area contributed by atoms with Crippen molar-refractivity contribution in [3.05, 3.63) is 0 Å². The van der Waals surface area contributed by atoms with Gasteiger partial charge in [0.05, 0.1) is 0 Å². The van der Waals surface area contributed by atoms with E-state index in [0.29, 0.717) is 11.3 Å². The second-order valence-corrected chi connectivity index (χ2v) is 7.02. The molecule has 2 rings (SSSR count). The van der Waals surface area contributed by atoms with Gasteiger partial charge in [-0.25, -0.2) is 0 Å². The van der Waals surface area contributed by atoms with Crippen LogP contribution in [0.5, 0.6) is 0 Å². The molecule has 0 bridgehead atoms. The van der Waals surface area contributed by atoms with Gasteiger partial charge in [-0.15, -0.1) is 0 Å². The second kappa shape index (κ2) is 9.14. The zero-order chi connectivity index (χ0) is 16.5. The minimum atomic E-state index is 0.316. The second-order valence-electron chi connectivity index (χ2n) is 7.02. The van der Waals surface area contributed by atoms with Gasteiger partial charge in [0.2, 0.25) is 5.91 Å². The van der Waals surface area contributed by atoms with E-state index in [1.807, 2.05) is 4.90 Å². The predicted molar refractivity (Wildman–Crippen MR) is 95.6 cm³/mol. The fourth-order valence-corrected chi connectivity index (χ4v) is 3.75. The SMILES string of the molecule is CCNC(=NCC1(CC)CCCC1)NCCCN1CCCC1=O. The summed E-state index contributed by atoms with van der Waals surface area (Å²) in [5.41, 5.74) is 0.435. The number of likely N-dealkylation sites (tertiary alicyclic amines) is 1. The summed E-state index contributed by atoms with van der Waals surface area (Å²) in [6.45, 7) is 8.89. The molecule has 1 saturated heterocycles. The average Bonchev–Trinajstić information content (AvgIpc) is 3.19. The molecule has 0 aromatic heterocycles. The van der Waals surface area contributed by atoms with Crippen LogP contribution >= 0.6 is 0 Å². The molecule has 0 unspecified atom stereocenters. The Morgan fingerprint density at radius 2 is 2.00 bits per heavy atom. The Kier molecular flexibility index (Phi) is 7.18. The molecule has 1 heterocycles. The molecule has 1 aliphatic heterocycles. The first kappa shape index (κ1) is 18.1. The van der Waals surface area contributed by atoms with Crippen LogP contribution in [0.3, 0.4) is 0 Å². The minimum Gasteiger partial charge on any atom is -0.357 e. The van der Waals surface area contributed by atoms with Gasteiger partial charge in [0.25, 0.3) is 0 Å². The Morgan fingerprint density at radius 1 is 1.22 bits per heavy atom. The molecule has 5 nitrogen and oxygen atoms in total. The van der Waals surface area contributed by atoms with Crippen molar-refractivity contribution in [1.29, 1.82) is 0 Å². The van der Waals surface area contributed by atoms with Crippen LogP contribution < -0.4 is 10.6 Å². The van der Waals surface area contributed by atoms with Crippen LogP contribution in [0, 0.1) is 5.41 Å². The number of aliphatic imine (C=N–C) groups is 1. The van der Waals surface area contributed by atoms with E-state index in [9.17, 15) is 4.79 Å². The third kappa shape index (κ3) is 5.40. The van der Waals surface area contributed by atoms with Crippen LogP contribution in [0.1, 0.15) is 65.2 Å². The Morgan fingerprint density at radius 3 is 2.61 bits per heavy atom. The van der Waals surface area contributed by atoms with E-state index in [4.69, 9.17) is 4.99 Å². The minimum absolute atomic E-state index is 0.316. The maximum Gasteiger partial charge on any atom is 0.222 e. The number of carbonyl (C=O) groups is 1. The molecular formula is C18H34N4O. The van der Waals surface area contributed by atoms with Crippen molar-refractivity contribution in [2.75, 3.05) is 32.7 Å². The number of guanidine groups is 1. The molecule has 0 aromatic rings. The van der Waals surface area contributed by atoms with Gasteiger partial charge < -0.3 is 15.5 Å². The Labute approximate surface area is 141 Å². The zero-order valence-corrected chi connectivity index (χ0v) is 15.0. The monoisotopic (exact) mass is 322 g/mol. The first-order valence-corrected chi connectivity index (χ1v) is 9.49. The number of rotatable bonds is 8. The molecule has 0 atom stereocenters. The molecule has 0 aromatic carbocycles. The summed E-state index contributed by atoms with van der Waals surface area (Å²) >= 11 is 0. The lowest BCUT2D eigenvalue weighted by atomic mass is 9.84. The van der Waals surface area contributed by atoms with Crippen molar-refractivity contribution >= 4 is 11.9 Å². The quantitative estimate of drug-likeness (QED) is 0.410. The maximum absolute atomic E-state index is 11.6. The number of carbonyl (C=O) groups excluding carboxylic acids is 1. The molecule has 23 heavy (non-hydrogen) atoms. The summed E-state index contributed by atoms with van der Waals surface area (Å²) in [5, 5.41) is 6.77. The van der Waals surface area contributed by atoms with E-state index in [0.717, 1.165) is 57.9 Å². The van der Waals surface area contributed by atoms with Crippen LogP contribution in [0.15, 0.2) is 4.99 Å². The molecule has 1 amide bonds. The van der Waals surface area contributed by atoms with Crippen molar-refractivity contribution in [3.63, 3.8) is 0 Å². The first-order chi connectivity index (χ1) is 11.2. The molecular weight excluding hydrogens is 288 g/mol. The fraction of sp³-hybridized carbons (Fsp3) is 0.889. The van der Waals surface area contributed by atoms with E-state index < -0.39 is 0 Å². The van der Waals surface area contributed by atoms with Crippen LogP contribution in [-0.4, -0.2) is 49.5 Å². The van der Waals surface area contributed by atoms with Crippen LogP contribution in [0.2, 0.25) is 0 Å². The fourth-order valence-electron chi connectivity index (χ4n) is 3.75. The van der Waals surface area contributed by atoms with Gasteiger partial charge in [0.1, 0.15) is 0 Å². The highest BCUT2D eigenvalue weighted by atomic mass is 16.2. The molecule has 0 radical (unpaired) electrons. The standard InChI is InChI=1S/C18H34N4O/c1-3-18(10-5-6-11-18)15-21-17(19-4-2)20-12-8-14-22-13-7-9-16(22)23/h3-15H2,1-2H3,(H2,19,20,21). The number of nitrogens with zero attached hydrogens (tertiary/aromatic N) is 2. The van der Waals surface area contributed by atoms with E-state index in [-0.39, 0.29) is 0 Å². The van der Waals surface area contributed by atoms with Crippen LogP contribution in [-0.2, 0) is 4.79 Å². The van der Waals surface area contributed by atoms with E-state index >= 15 is 0 Å². The smallest absolute Gasteiger partial charge is 0.222 e. The van der Waals surface area contributed by atoms with Gasteiger partial charge >= 0.3 is 0 Å². The van der Waals surface area contributed by atoms with Crippen LogP contribution in [0.4, 0.5) is 0 Å². The van der Waals surface area contributed by atoms with Gasteiger partial charge in [0, 0.05) is 39.1 Å². The Balaban J connectivity index is 1.74. The highest BCUT2D eigenvalue weighted by molar-refractivity contribution is 5.79.